The number of morpholine rings is 1. The monoisotopic (exact) mass is 727 g/mol. The molecule has 5 N–H and O–H groups in total. The number of hydrogen-bond acceptors (Lipinski definition) is 7. The Labute approximate surface area is 284 Å². The van der Waals surface area contributed by atoms with E-state index in [1.807, 2.05) is 11.8 Å². The van der Waals surface area contributed by atoms with Gasteiger partial charge in [-0.3, -0.25) is 9.80 Å². The number of hydrazine groups is 1. The second-order valence-corrected chi connectivity index (χ2v) is 12.8. The van der Waals surface area contributed by atoms with Gasteiger partial charge in [-0.1, -0.05) is 13.0 Å². The Balaban J connectivity index is 1.75. The van der Waals surface area contributed by atoms with Gasteiger partial charge in [-0.15, -0.1) is 5.10 Å². The number of hydrogen-bond donors (Lipinski definition) is 3. The van der Waals surface area contributed by atoms with E-state index in [-0.39, 0.29) is 18.2 Å². The normalized spacial score (nSPS) is 20.9. The van der Waals surface area contributed by atoms with Gasteiger partial charge in [0, 0.05) is 52.4 Å². The van der Waals surface area contributed by atoms with Crippen LogP contribution < -0.4 is 11.6 Å². The third-order valence-electron chi connectivity index (χ3n) is 8.83. The minimum atomic E-state index is -5.13. The molecule has 18 heteroatoms. The predicted octanol–water partition coefficient (Wildman–Crippen LogP) is 5.39. The van der Waals surface area contributed by atoms with E-state index in [1.165, 1.54) is 13.1 Å². The maximum absolute atomic E-state index is 14.0. The number of alkyl halides is 9. The molecule has 0 amide bonds. The number of rotatable bonds is 10. The number of ether oxygens (including phenoxy) is 1. The highest BCUT2D eigenvalue weighted by molar-refractivity contribution is 5.78. The first-order valence-corrected chi connectivity index (χ1v) is 16.0. The van der Waals surface area contributed by atoms with Crippen molar-refractivity contribution >= 4 is 5.96 Å². The second-order valence-electron chi connectivity index (χ2n) is 12.8. The number of nitrogens with zero attached hydrogens (tertiary/aromatic N) is 5. The Hall–Kier alpha value is -3.32. The molecule has 2 fully saturated rings. The SMILES string of the molecule is CCC(c1ccc(C(F)(F)F)cc1CN(Cc1cc(C(F)(F)F)cc(C(F)(F)F)c1)/C(N)=N/N(C)N)N1CCCC(O)(CN2CCOCC2)C1. The summed E-state index contributed by atoms with van der Waals surface area (Å²) in [6.07, 6.45) is -13.5. The number of hydrazone groups is 1. The zero-order chi connectivity index (χ0) is 37.1. The van der Waals surface area contributed by atoms with Gasteiger partial charge < -0.3 is 20.5 Å². The van der Waals surface area contributed by atoms with E-state index in [2.05, 4.69) is 10.0 Å². The molecular weight excluding hydrogens is 685 g/mol. The van der Waals surface area contributed by atoms with Crippen molar-refractivity contribution in [1.29, 1.82) is 0 Å². The summed E-state index contributed by atoms with van der Waals surface area (Å²) in [4.78, 5) is 5.16. The van der Waals surface area contributed by atoms with Crippen molar-refractivity contribution in [3.8, 4) is 0 Å². The van der Waals surface area contributed by atoms with Gasteiger partial charge in [0.05, 0.1) is 35.5 Å². The number of likely N-dealkylation sites (tertiary alicyclic amines) is 1. The van der Waals surface area contributed by atoms with Gasteiger partial charge in [-0.05, 0) is 72.8 Å². The summed E-state index contributed by atoms with van der Waals surface area (Å²) in [5.74, 6) is 5.14. The second kappa shape index (κ2) is 15.5. The molecule has 9 nitrogen and oxygen atoms in total. The third kappa shape index (κ3) is 10.4. The van der Waals surface area contributed by atoms with Crippen molar-refractivity contribution < 1.29 is 49.4 Å². The van der Waals surface area contributed by atoms with E-state index >= 15 is 0 Å². The third-order valence-corrected chi connectivity index (χ3v) is 8.83. The first kappa shape index (κ1) is 39.5. The molecule has 0 radical (unpaired) electrons. The Morgan fingerprint density at radius 1 is 0.920 bits per heavy atom. The Bertz CT molecular complexity index is 1450. The smallest absolute Gasteiger partial charge is 0.387 e. The van der Waals surface area contributed by atoms with Crippen LogP contribution >= 0.6 is 0 Å². The topological polar surface area (TPSA) is 107 Å². The molecule has 2 unspecified atom stereocenters. The molecule has 2 aromatic carbocycles. The largest absolute Gasteiger partial charge is 0.416 e. The molecule has 0 aliphatic carbocycles. The minimum absolute atomic E-state index is 0.0193. The van der Waals surface area contributed by atoms with Crippen molar-refractivity contribution in [1.82, 2.24) is 19.8 Å². The highest BCUT2D eigenvalue weighted by Gasteiger charge is 2.40. The highest BCUT2D eigenvalue weighted by Crippen LogP contribution is 2.39. The van der Waals surface area contributed by atoms with Crippen LogP contribution in [-0.4, -0.2) is 89.5 Å². The van der Waals surface area contributed by atoms with E-state index in [0.29, 0.717) is 76.4 Å². The predicted molar refractivity (Wildman–Crippen MR) is 167 cm³/mol. The maximum Gasteiger partial charge on any atom is 0.416 e. The Morgan fingerprint density at radius 2 is 1.52 bits per heavy atom. The van der Waals surface area contributed by atoms with Gasteiger partial charge in [-0.2, -0.15) is 39.5 Å². The molecule has 280 valence electrons. The average Bonchev–Trinajstić information content (AvgIpc) is 3.00. The summed E-state index contributed by atoms with van der Waals surface area (Å²) < 4.78 is 129. The van der Waals surface area contributed by atoms with Gasteiger partial charge in [0.1, 0.15) is 0 Å². The minimum Gasteiger partial charge on any atom is -0.387 e. The van der Waals surface area contributed by atoms with E-state index < -0.39 is 71.5 Å². The van der Waals surface area contributed by atoms with Gasteiger partial charge in [-0.25, -0.2) is 11.0 Å². The summed E-state index contributed by atoms with van der Waals surface area (Å²) >= 11 is 0. The molecular formula is C32H42F9N7O2. The fourth-order valence-corrected chi connectivity index (χ4v) is 6.62. The molecule has 0 bridgehead atoms. The lowest BCUT2D eigenvalue weighted by Crippen LogP contribution is -2.56. The van der Waals surface area contributed by atoms with Crippen molar-refractivity contribution in [2.24, 2.45) is 16.7 Å². The standard InChI is InChI=1S/C32H42F9N7O2/c1-3-27(47-8-4-7-29(49,20-47)19-46-9-11-50-12-10-46)26-6-5-23(30(33,34)35)15-22(26)18-48(28(42)44-45(2)43)17-21-13-24(31(36,37)38)16-25(14-21)32(39,40)41/h5-6,13-16,27,49H,3-4,7-12,17-20,43H2,1-2H3,(H2,42,44). The summed E-state index contributed by atoms with van der Waals surface area (Å²) in [5.41, 5.74) is 0.925. The van der Waals surface area contributed by atoms with Gasteiger partial charge in [0.15, 0.2) is 0 Å². The number of nitrogens with two attached hydrogens (primary N) is 2. The van der Waals surface area contributed by atoms with Gasteiger partial charge in [0.2, 0.25) is 5.96 Å². The molecule has 2 aromatic rings. The Morgan fingerprint density at radius 3 is 2.06 bits per heavy atom. The highest BCUT2D eigenvalue weighted by atomic mass is 19.4. The molecule has 0 aromatic heterocycles. The molecule has 4 rings (SSSR count). The number of β-amino-alcohol motifs (C(OH)–C–C–N with tert-alkyl or cyclic N) is 1. The number of halogens is 9. The number of piperidine rings is 1. The van der Waals surface area contributed by atoms with Crippen LogP contribution in [0.4, 0.5) is 39.5 Å². The van der Waals surface area contributed by atoms with Crippen LogP contribution in [0, 0.1) is 0 Å². The van der Waals surface area contributed by atoms with Gasteiger partial charge >= 0.3 is 18.5 Å². The molecule has 0 saturated carbocycles. The fourth-order valence-electron chi connectivity index (χ4n) is 6.62. The lowest BCUT2D eigenvalue weighted by atomic mass is 9.88. The molecule has 2 saturated heterocycles. The van der Waals surface area contributed by atoms with Crippen LogP contribution in [0.15, 0.2) is 41.5 Å². The summed E-state index contributed by atoms with van der Waals surface area (Å²) in [6.45, 7) is 4.16. The Kier molecular flexibility index (Phi) is 12.2. The van der Waals surface area contributed by atoms with Crippen molar-refractivity contribution in [3.63, 3.8) is 0 Å². The van der Waals surface area contributed by atoms with Crippen LogP contribution in [0.5, 0.6) is 0 Å². The molecule has 2 aliphatic heterocycles. The van der Waals surface area contributed by atoms with Crippen molar-refractivity contribution in [2.45, 2.75) is 69.4 Å². The lowest BCUT2D eigenvalue weighted by molar-refractivity contribution is -0.143. The van der Waals surface area contributed by atoms with Crippen LogP contribution in [0.3, 0.4) is 0 Å². The summed E-state index contributed by atoms with van der Waals surface area (Å²) in [7, 11) is 1.26. The van der Waals surface area contributed by atoms with Crippen LogP contribution in [-0.2, 0) is 36.4 Å². The van der Waals surface area contributed by atoms with Gasteiger partial charge in [0.25, 0.3) is 0 Å². The van der Waals surface area contributed by atoms with E-state index in [9.17, 15) is 44.6 Å². The van der Waals surface area contributed by atoms with Crippen LogP contribution in [0.25, 0.3) is 0 Å². The first-order valence-electron chi connectivity index (χ1n) is 16.0. The zero-order valence-corrected chi connectivity index (χ0v) is 27.7. The fraction of sp³-hybridized carbons (Fsp3) is 0.594. The van der Waals surface area contributed by atoms with Crippen LogP contribution in [0.1, 0.15) is 65.6 Å². The number of benzene rings is 2. The summed E-state index contributed by atoms with van der Waals surface area (Å²) in [6, 6.07) is 3.64. The van der Waals surface area contributed by atoms with E-state index in [0.717, 1.165) is 22.2 Å². The first-order chi connectivity index (χ1) is 23.2. The molecule has 2 aliphatic rings. The van der Waals surface area contributed by atoms with E-state index in [4.69, 9.17) is 16.3 Å². The molecule has 2 atom stereocenters. The molecule has 2 heterocycles. The zero-order valence-electron chi connectivity index (χ0n) is 27.7. The lowest BCUT2D eigenvalue weighted by Gasteiger charge is -2.45. The quantitative estimate of drug-likeness (QED) is 0.0985. The van der Waals surface area contributed by atoms with Crippen molar-refractivity contribution in [2.75, 3.05) is 53.0 Å². The molecule has 50 heavy (non-hydrogen) atoms. The number of guanidine groups is 1. The summed E-state index contributed by atoms with van der Waals surface area (Å²) in [5, 5.41) is 16.2. The van der Waals surface area contributed by atoms with Crippen LogP contribution in [0.2, 0.25) is 0 Å². The average molecular weight is 728 g/mol. The number of aliphatic hydroxyl groups is 1. The van der Waals surface area contributed by atoms with E-state index in [1.54, 1.807) is 0 Å². The molecule has 0 spiro atoms. The van der Waals surface area contributed by atoms with Crippen molar-refractivity contribution in [3.05, 3.63) is 69.8 Å². The maximum atomic E-state index is 14.0.